The Bertz CT molecular complexity index is 1450. The van der Waals surface area contributed by atoms with Crippen LogP contribution in [0, 0.1) is 5.41 Å². The number of benzene rings is 3. The minimum Gasteiger partial charge on any atom is -0.370 e. The van der Waals surface area contributed by atoms with Crippen molar-refractivity contribution in [3.63, 3.8) is 0 Å². The number of hydrogen-bond acceptors (Lipinski definition) is 4. The fourth-order valence-electron chi connectivity index (χ4n) is 6.67. The molecule has 3 aromatic rings. The Morgan fingerprint density at radius 2 is 1.44 bits per heavy atom. The Labute approximate surface area is 298 Å². The summed E-state index contributed by atoms with van der Waals surface area (Å²) in [5.74, 6) is 1.11. The number of nitrogens with one attached hydrogen (secondary N) is 1. The van der Waals surface area contributed by atoms with Gasteiger partial charge < -0.3 is 20.4 Å². The molecule has 0 amide bonds. The Balaban J connectivity index is 0.00000312. The van der Waals surface area contributed by atoms with Crippen LogP contribution in [0.3, 0.4) is 0 Å². The summed E-state index contributed by atoms with van der Waals surface area (Å²) >= 11 is 0. The normalized spacial score (nSPS) is 17.7. The first kappa shape index (κ1) is 39.1. The van der Waals surface area contributed by atoms with Crippen LogP contribution in [0.25, 0.3) is 11.1 Å². The van der Waals surface area contributed by atoms with E-state index in [0.717, 1.165) is 70.6 Å². The molecule has 0 aromatic heterocycles. The molecular weight excluding hydrogens is 650 g/mol. The van der Waals surface area contributed by atoms with E-state index in [9.17, 15) is 13.2 Å². The average Bonchev–Trinajstić information content (AvgIpc) is 3.57. The first-order valence-electron chi connectivity index (χ1n) is 16.7. The van der Waals surface area contributed by atoms with Gasteiger partial charge in [-0.05, 0) is 66.8 Å². The third kappa shape index (κ3) is 10.3. The van der Waals surface area contributed by atoms with E-state index in [1.807, 2.05) is 11.0 Å². The highest BCUT2D eigenvalue weighted by atomic mass is 32.1. The molecule has 3 N–H and O–H groups in total. The van der Waals surface area contributed by atoms with Crippen LogP contribution in [0.5, 0.6) is 0 Å². The fourth-order valence-corrected chi connectivity index (χ4v) is 6.67. The molecule has 2 heterocycles. The van der Waals surface area contributed by atoms with Crippen LogP contribution in [0.15, 0.2) is 83.9 Å². The highest BCUT2D eigenvalue weighted by Gasteiger charge is 2.34. The van der Waals surface area contributed by atoms with Crippen LogP contribution >= 0.6 is 27.0 Å². The van der Waals surface area contributed by atoms with Gasteiger partial charge in [0.15, 0.2) is 11.9 Å². The largest absolute Gasteiger partial charge is 0.416 e. The standard InChI is InChI=1S/C37H47F3N6.2H2S/c1-2-3-14-34-27-44(36(42)46(34)24-20-28-16-18-31(19-17-28)30-11-5-4-6-12-30)22-8-7-15-33-26-43-35(41)45(33)23-21-29-10-9-13-32(25-29)37(38,39)40;;/h4-6,9-13,16-19,25,33-34,42H,2-3,7-8,14-15,20-24,26-27H2,1H3,(H2,41,43);2*1H2/t33-,34-;;/m0../s1. The smallest absolute Gasteiger partial charge is 0.370 e. The summed E-state index contributed by atoms with van der Waals surface area (Å²) in [6, 6.07) is 25.3. The second-order valence-electron chi connectivity index (χ2n) is 12.6. The number of unbranched alkanes of at least 4 members (excludes halogenated alkanes) is 2. The molecule has 6 nitrogen and oxygen atoms in total. The van der Waals surface area contributed by atoms with Crippen molar-refractivity contribution in [1.82, 2.24) is 14.7 Å². The van der Waals surface area contributed by atoms with Crippen LogP contribution in [0.4, 0.5) is 13.2 Å². The third-order valence-corrected chi connectivity index (χ3v) is 9.35. The van der Waals surface area contributed by atoms with E-state index in [4.69, 9.17) is 11.1 Å². The topological polar surface area (TPSA) is 72.0 Å². The van der Waals surface area contributed by atoms with Crippen molar-refractivity contribution in [3.8, 4) is 11.1 Å². The van der Waals surface area contributed by atoms with E-state index in [1.54, 1.807) is 6.07 Å². The molecule has 3 aromatic carbocycles. The molecule has 0 saturated carbocycles. The molecule has 262 valence electrons. The van der Waals surface area contributed by atoms with Crippen molar-refractivity contribution in [2.24, 2.45) is 10.7 Å². The molecule has 1 saturated heterocycles. The molecule has 0 radical (unpaired) electrons. The van der Waals surface area contributed by atoms with Gasteiger partial charge in [-0.25, -0.2) is 0 Å². The number of guanidine groups is 2. The van der Waals surface area contributed by atoms with Crippen LogP contribution in [-0.4, -0.2) is 71.4 Å². The van der Waals surface area contributed by atoms with Crippen LogP contribution in [0.2, 0.25) is 0 Å². The summed E-state index contributed by atoms with van der Waals surface area (Å²) in [5, 5.41) is 9.03. The lowest BCUT2D eigenvalue weighted by molar-refractivity contribution is -0.137. The van der Waals surface area contributed by atoms with Crippen molar-refractivity contribution in [1.29, 1.82) is 5.41 Å². The maximum atomic E-state index is 13.1. The Morgan fingerprint density at radius 1 is 0.771 bits per heavy atom. The molecule has 1 fully saturated rings. The summed E-state index contributed by atoms with van der Waals surface area (Å²) in [6.07, 6.45) is 3.31. The summed E-state index contributed by atoms with van der Waals surface area (Å²) in [7, 11) is 0. The van der Waals surface area contributed by atoms with Gasteiger partial charge >= 0.3 is 6.18 Å². The lowest BCUT2D eigenvalue weighted by Gasteiger charge is -2.27. The van der Waals surface area contributed by atoms with Crippen LogP contribution < -0.4 is 5.73 Å². The number of nitrogens with two attached hydrogens (primary N) is 1. The highest BCUT2D eigenvalue weighted by molar-refractivity contribution is 7.59. The number of rotatable bonds is 15. The second kappa shape index (κ2) is 18.5. The zero-order valence-electron chi connectivity index (χ0n) is 27.9. The third-order valence-electron chi connectivity index (χ3n) is 9.35. The molecule has 0 aliphatic carbocycles. The van der Waals surface area contributed by atoms with Crippen molar-refractivity contribution < 1.29 is 13.2 Å². The van der Waals surface area contributed by atoms with E-state index in [-0.39, 0.29) is 33.0 Å². The lowest BCUT2D eigenvalue weighted by Crippen LogP contribution is -2.42. The number of aliphatic imine (C=N–C) groups is 1. The zero-order valence-corrected chi connectivity index (χ0v) is 29.9. The quantitative estimate of drug-likeness (QED) is 0.160. The van der Waals surface area contributed by atoms with Crippen molar-refractivity contribution >= 4 is 38.9 Å². The van der Waals surface area contributed by atoms with E-state index in [2.05, 4.69) is 70.2 Å². The SMILES string of the molecule is CCCC[C@H]1CN(CCCC[C@H]2CN=C(N)N2CCc2cccc(C(F)(F)F)c2)C(=N)N1CCc1ccc(-c2ccccc2)cc1.S.S. The van der Waals surface area contributed by atoms with E-state index in [0.29, 0.717) is 43.0 Å². The maximum Gasteiger partial charge on any atom is 0.416 e. The molecule has 2 atom stereocenters. The predicted octanol–water partition coefficient (Wildman–Crippen LogP) is 7.66. The fraction of sp³-hybridized carbons (Fsp3) is 0.459. The molecule has 0 spiro atoms. The summed E-state index contributed by atoms with van der Waals surface area (Å²) < 4.78 is 39.4. The molecular formula is C37H51F3N6S2. The monoisotopic (exact) mass is 700 g/mol. The molecule has 0 unspecified atom stereocenters. The second-order valence-corrected chi connectivity index (χ2v) is 12.6. The molecule has 48 heavy (non-hydrogen) atoms. The maximum absolute atomic E-state index is 13.1. The Hall–Kier alpha value is -3.31. The van der Waals surface area contributed by atoms with E-state index < -0.39 is 11.7 Å². The molecule has 2 aliphatic heterocycles. The van der Waals surface area contributed by atoms with Crippen molar-refractivity contribution in [2.75, 3.05) is 32.7 Å². The summed E-state index contributed by atoms with van der Waals surface area (Å²) in [5.41, 5.74) is 9.94. The number of alkyl halides is 3. The van der Waals surface area contributed by atoms with E-state index >= 15 is 0 Å². The summed E-state index contributed by atoms with van der Waals surface area (Å²) in [6.45, 7) is 5.96. The minimum absolute atomic E-state index is 0. The van der Waals surface area contributed by atoms with Crippen molar-refractivity contribution in [3.05, 3.63) is 95.6 Å². The van der Waals surface area contributed by atoms with Gasteiger partial charge in [0, 0.05) is 32.2 Å². The van der Waals surface area contributed by atoms with Gasteiger partial charge in [-0.2, -0.15) is 40.2 Å². The van der Waals surface area contributed by atoms with Crippen molar-refractivity contribution in [2.45, 2.75) is 76.6 Å². The van der Waals surface area contributed by atoms with Crippen LogP contribution in [-0.2, 0) is 19.0 Å². The van der Waals surface area contributed by atoms with Gasteiger partial charge in [0.2, 0.25) is 0 Å². The summed E-state index contributed by atoms with van der Waals surface area (Å²) in [4.78, 5) is 11.0. The molecule has 2 aliphatic rings. The van der Waals surface area contributed by atoms with Gasteiger partial charge in [0.25, 0.3) is 0 Å². The molecule has 11 heteroatoms. The van der Waals surface area contributed by atoms with E-state index in [1.165, 1.54) is 28.8 Å². The Kier molecular flexibility index (Phi) is 15.0. The van der Waals surface area contributed by atoms with Crippen LogP contribution in [0.1, 0.15) is 62.1 Å². The number of nitrogens with zero attached hydrogens (tertiary/aromatic N) is 4. The van der Waals surface area contributed by atoms with Gasteiger partial charge in [-0.15, -0.1) is 0 Å². The molecule has 0 bridgehead atoms. The number of hydrogen-bond donors (Lipinski definition) is 2. The number of halogens is 3. The first-order valence-corrected chi connectivity index (χ1v) is 16.7. The first-order chi connectivity index (χ1) is 22.2. The van der Waals surface area contributed by atoms with Gasteiger partial charge in [0.1, 0.15) is 0 Å². The zero-order chi connectivity index (χ0) is 32.5. The Morgan fingerprint density at radius 3 is 2.15 bits per heavy atom. The lowest BCUT2D eigenvalue weighted by atomic mass is 10.0. The van der Waals surface area contributed by atoms with Gasteiger partial charge in [-0.1, -0.05) is 92.6 Å². The minimum atomic E-state index is -4.35. The molecule has 5 rings (SSSR count). The van der Waals surface area contributed by atoms with Gasteiger partial charge in [0.05, 0.1) is 18.2 Å². The predicted molar refractivity (Wildman–Crippen MR) is 202 cm³/mol. The average molecular weight is 701 g/mol. The van der Waals surface area contributed by atoms with Gasteiger partial charge in [-0.3, -0.25) is 10.4 Å². The highest BCUT2D eigenvalue weighted by Crippen LogP contribution is 2.30.